The van der Waals surface area contributed by atoms with E-state index < -0.39 is 0 Å². The highest BCUT2D eigenvalue weighted by atomic mass is 127. The highest BCUT2D eigenvalue weighted by Crippen LogP contribution is 2.15. The van der Waals surface area contributed by atoms with Gasteiger partial charge in [-0.25, -0.2) is 4.99 Å². The summed E-state index contributed by atoms with van der Waals surface area (Å²) in [6.07, 6.45) is 1.77. The van der Waals surface area contributed by atoms with Gasteiger partial charge in [0.15, 0.2) is 5.96 Å². The van der Waals surface area contributed by atoms with Crippen molar-refractivity contribution in [2.24, 2.45) is 4.99 Å². The quantitative estimate of drug-likeness (QED) is 0.266. The zero-order valence-electron chi connectivity index (χ0n) is 15.8. The topological polar surface area (TPSA) is 58.5 Å². The van der Waals surface area contributed by atoms with E-state index in [1.807, 2.05) is 36.4 Å². The second-order valence-electron chi connectivity index (χ2n) is 5.94. The molecule has 3 rings (SSSR count). The number of ether oxygens (including phenoxy) is 1. The van der Waals surface area contributed by atoms with Gasteiger partial charge in [-0.2, -0.15) is 11.3 Å². The number of rotatable bonds is 8. The van der Waals surface area contributed by atoms with Crippen molar-refractivity contribution in [2.75, 3.05) is 6.54 Å². The molecule has 3 aromatic rings. The summed E-state index contributed by atoms with van der Waals surface area (Å²) in [6.45, 7) is 4.70. The Morgan fingerprint density at radius 2 is 2.04 bits per heavy atom. The van der Waals surface area contributed by atoms with Crippen LogP contribution in [0.5, 0.6) is 5.75 Å². The lowest BCUT2D eigenvalue weighted by molar-refractivity contribution is 0.301. The van der Waals surface area contributed by atoms with Crippen molar-refractivity contribution >= 4 is 41.3 Å². The number of halogens is 1. The number of guanidine groups is 1. The monoisotopic (exact) mass is 508 g/mol. The standard InChI is InChI=1S/C21H24N4OS.HI/c1-2-22-21(25-14-18-9-11-27-16-18)24-13-17-6-5-8-20(12-17)26-15-19-7-3-4-10-23-19;/h3-12,16H,2,13-15H2,1H3,(H2,22,24,25);1H. The number of hydrogen-bond donors (Lipinski definition) is 2. The lowest BCUT2D eigenvalue weighted by Gasteiger charge is -2.12. The predicted octanol–water partition coefficient (Wildman–Crippen LogP) is 4.60. The molecule has 0 radical (unpaired) electrons. The Hall–Kier alpha value is -2.13. The molecule has 2 heterocycles. The highest BCUT2D eigenvalue weighted by Gasteiger charge is 2.02. The van der Waals surface area contributed by atoms with Crippen molar-refractivity contribution in [3.05, 3.63) is 82.3 Å². The molecular formula is C21H25IN4OS. The van der Waals surface area contributed by atoms with Crippen molar-refractivity contribution in [3.8, 4) is 5.75 Å². The van der Waals surface area contributed by atoms with Gasteiger partial charge in [0.2, 0.25) is 0 Å². The fourth-order valence-corrected chi connectivity index (χ4v) is 3.13. The zero-order valence-corrected chi connectivity index (χ0v) is 18.9. The Morgan fingerprint density at radius 3 is 2.79 bits per heavy atom. The van der Waals surface area contributed by atoms with E-state index in [1.165, 1.54) is 5.56 Å². The van der Waals surface area contributed by atoms with Gasteiger partial charge in [-0.05, 0) is 59.1 Å². The second kappa shape index (κ2) is 12.4. The third kappa shape index (κ3) is 7.47. The average Bonchev–Trinajstić information content (AvgIpc) is 3.23. The van der Waals surface area contributed by atoms with Gasteiger partial charge < -0.3 is 15.4 Å². The maximum atomic E-state index is 5.85. The van der Waals surface area contributed by atoms with E-state index in [-0.39, 0.29) is 24.0 Å². The van der Waals surface area contributed by atoms with Crippen LogP contribution in [-0.4, -0.2) is 17.5 Å². The van der Waals surface area contributed by atoms with Crippen LogP contribution in [0, 0.1) is 0 Å². The van der Waals surface area contributed by atoms with Gasteiger partial charge in [-0.15, -0.1) is 24.0 Å². The minimum atomic E-state index is 0. The van der Waals surface area contributed by atoms with Crippen molar-refractivity contribution in [2.45, 2.75) is 26.6 Å². The first kappa shape index (κ1) is 22.2. The number of aliphatic imine (C=N–C) groups is 1. The van der Waals surface area contributed by atoms with E-state index in [0.717, 1.165) is 29.5 Å². The summed E-state index contributed by atoms with van der Waals surface area (Å²) in [6, 6.07) is 16.0. The van der Waals surface area contributed by atoms with Crippen LogP contribution in [0.3, 0.4) is 0 Å². The number of hydrogen-bond acceptors (Lipinski definition) is 4. The molecule has 2 N–H and O–H groups in total. The second-order valence-corrected chi connectivity index (χ2v) is 6.72. The van der Waals surface area contributed by atoms with Gasteiger partial charge >= 0.3 is 0 Å². The molecule has 0 bridgehead atoms. The molecule has 2 aromatic heterocycles. The Labute approximate surface area is 187 Å². The van der Waals surface area contributed by atoms with E-state index in [1.54, 1.807) is 17.5 Å². The minimum Gasteiger partial charge on any atom is -0.487 e. The molecular weight excluding hydrogens is 483 g/mol. The average molecular weight is 508 g/mol. The molecule has 148 valence electrons. The summed E-state index contributed by atoms with van der Waals surface area (Å²) in [5.74, 6) is 1.64. The molecule has 0 saturated carbocycles. The third-order valence-electron chi connectivity index (χ3n) is 3.82. The minimum absolute atomic E-state index is 0. The van der Waals surface area contributed by atoms with E-state index >= 15 is 0 Å². The Bertz CT molecular complexity index is 841. The van der Waals surface area contributed by atoms with Crippen LogP contribution in [0.2, 0.25) is 0 Å². The van der Waals surface area contributed by atoms with Crippen LogP contribution < -0.4 is 15.4 Å². The fourth-order valence-electron chi connectivity index (χ4n) is 2.47. The summed E-state index contributed by atoms with van der Waals surface area (Å²) in [7, 11) is 0. The van der Waals surface area contributed by atoms with Crippen LogP contribution in [0.15, 0.2) is 70.5 Å². The maximum Gasteiger partial charge on any atom is 0.191 e. The first-order valence-electron chi connectivity index (χ1n) is 8.98. The molecule has 0 aliphatic heterocycles. The Balaban J connectivity index is 0.00000280. The lowest BCUT2D eigenvalue weighted by atomic mass is 10.2. The number of aromatic nitrogens is 1. The van der Waals surface area contributed by atoms with Gasteiger partial charge in [0.1, 0.15) is 12.4 Å². The van der Waals surface area contributed by atoms with Crippen LogP contribution in [0.4, 0.5) is 0 Å². The van der Waals surface area contributed by atoms with Gasteiger partial charge in [-0.3, -0.25) is 4.98 Å². The van der Waals surface area contributed by atoms with E-state index in [2.05, 4.69) is 50.4 Å². The summed E-state index contributed by atoms with van der Waals surface area (Å²) < 4.78 is 5.85. The summed E-state index contributed by atoms with van der Waals surface area (Å²) in [4.78, 5) is 8.91. The molecule has 28 heavy (non-hydrogen) atoms. The van der Waals surface area contributed by atoms with Crippen LogP contribution in [0.25, 0.3) is 0 Å². The molecule has 0 aliphatic carbocycles. The first-order chi connectivity index (χ1) is 13.3. The Morgan fingerprint density at radius 1 is 1.11 bits per heavy atom. The van der Waals surface area contributed by atoms with Crippen LogP contribution >= 0.6 is 35.3 Å². The molecule has 0 amide bonds. The number of thiophene rings is 1. The SMILES string of the molecule is CCNC(=NCc1ccsc1)NCc1cccc(OCc2ccccn2)c1.I. The van der Waals surface area contributed by atoms with Gasteiger partial charge in [0.05, 0.1) is 12.2 Å². The van der Waals surface area contributed by atoms with Crippen molar-refractivity contribution < 1.29 is 4.74 Å². The van der Waals surface area contributed by atoms with E-state index in [9.17, 15) is 0 Å². The number of pyridine rings is 1. The molecule has 5 nitrogen and oxygen atoms in total. The number of nitrogens with zero attached hydrogens (tertiary/aromatic N) is 2. The summed E-state index contributed by atoms with van der Waals surface area (Å²) in [5, 5.41) is 10.8. The Kier molecular flexibility index (Phi) is 9.78. The van der Waals surface area contributed by atoms with Gasteiger partial charge in [-0.1, -0.05) is 18.2 Å². The molecule has 0 fully saturated rings. The van der Waals surface area contributed by atoms with Crippen molar-refractivity contribution in [3.63, 3.8) is 0 Å². The largest absolute Gasteiger partial charge is 0.487 e. The zero-order chi connectivity index (χ0) is 18.7. The smallest absolute Gasteiger partial charge is 0.191 e. The molecule has 0 atom stereocenters. The predicted molar refractivity (Wildman–Crippen MR) is 126 cm³/mol. The third-order valence-corrected chi connectivity index (χ3v) is 4.55. The fraction of sp³-hybridized carbons (Fsp3) is 0.238. The normalized spacial score (nSPS) is 10.8. The van der Waals surface area contributed by atoms with E-state index in [0.29, 0.717) is 19.7 Å². The highest BCUT2D eigenvalue weighted by molar-refractivity contribution is 14.0. The summed E-state index contributed by atoms with van der Waals surface area (Å²) >= 11 is 1.69. The molecule has 0 saturated heterocycles. The van der Waals surface area contributed by atoms with Crippen LogP contribution in [-0.2, 0) is 19.7 Å². The molecule has 0 spiro atoms. The molecule has 0 aliphatic rings. The lowest BCUT2D eigenvalue weighted by Crippen LogP contribution is -2.36. The van der Waals surface area contributed by atoms with Crippen LogP contribution in [0.1, 0.15) is 23.7 Å². The molecule has 1 aromatic carbocycles. The van der Waals surface area contributed by atoms with Crippen molar-refractivity contribution in [1.82, 2.24) is 15.6 Å². The van der Waals surface area contributed by atoms with Crippen molar-refractivity contribution in [1.29, 1.82) is 0 Å². The maximum absolute atomic E-state index is 5.85. The van der Waals surface area contributed by atoms with E-state index in [4.69, 9.17) is 4.74 Å². The van der Waals surface area contributed by atoms with Gasteiger partial charge in [0.25, 0.3) is 0 Å². The molecule has 0 unspecified atom stereocenters. The number of nitrogens with one attached hydrogen (secondary N) is 2. The summed E-state index contributed by atoms with van der Waals surface area (Å²) in [5.41, 5.74) is 3.27. The number of benzene rings is 1. The van der Waals surface area contributed by atoms with Gasteiger partial charge in [0, 0.05) is 19.3 Å². The molecule has 7 heteroatoms. The first-order valence-corrected chi connectivity index (χ1v) is 9.92.